The third-order valence-electron chi connectivity index (χ3n) is 3.10. The standard InChI is InChI=1S/C12H18N2/c1-14-8-7-11(13)9-12(14)10-5-3-2-4-6-10/h2-6,11-12H,7-9,13H2,1H3/t11-,12+/m1/s1. The van der Waals surface area contributed by atoms with Gasteiger partial charge >= 0.3 is 0 Å². The van der Waals surface area contributed by atoms with Gasteiger partial charge in [0.15, 0.2) is 0 Å². The number of hydrogen-bond donors (Lipinski definition) is 1. The highest BCUT2D eigenvalue weighted by molar-refractivity contribution is 5.19. The minimum atomic E-state index is 0.372. The van der Waals surface area contributed by atoms with Crippen molar-refractivity contribution >= 4 is 0 Å². The predicted octanol–water partition coefficient (Wildman–Crippen LogP) is 1.78. The summed E-state index contributed by atoms with van der Waals surface area (Å²) in [7, 11) is 2.18. The Kier molecular flexibility index (Phi) is 2.85. The van der Waals surface area contributed by atoms with E-state index < -0.39 is 0 Å². The fourth-order valence-corrected chi connectivity index (χ4v) is 2.18. The lowest BCUT2D eigenvalue weighted by molar-refractivity contribution is 0.171. The van der Waals surface area contributed by atoms with Gasteiger partial charge in [0.25, 0.3) is 0 Å². The molecule has 2 rings (SSSR count). The SMILES string of the molecule is CN1CC[C@@H](N)C[C@H]1c1ccccc1. The highest BCUT2D eigenvalue weighted by Crippen LogP contribution is 2.28. The molecule has 1 aliphatic rings. The van der Waals surface area contributed by atoms with Crippen molar-refractivity contribution in [3.05, 3.63) is 35.9 Å². The van der Waals surface area contributed by atoms with Gasteiger partial charge in [-0.15, -0.1) is 0 Å². The molecule has 2 nitrogen and oxygen atoms in total. The molecule has 1 heterocycles. The monoisotopic (exact) mass is 190 g/mol. The van der Waals surface area contributed by atoms with E-state index in [0.717, 1.165) is 19.4 Å². The maximum atomic E-state index is 6.00. The number of likely N-dealkylation sites (tertiary alicyclic amines) is 1. The zero-order valence-electron chi connectivity index (χ0n) is 8.69. The van der Waals surface area contributed by atoms with Crippen LogP contribution in [0.2, 0.25) is 0 Å². The van der Waals surface area contributed by atoms with Crippen molar-refractivity contribution < 1.29 is 0 Å². The average Bonchev–Trinajstić information content (AvgIpc) is 2.23. The van der Waals surface area contributed by atoms with Crippen molar-refractivity contribution in [1.82, 2.24) is 4.90 Å². The van der Waals surface area contributed by atoms with Gasteiger partial charge in [-0.05, 0) is 32.0 Å². The van der Waals surface area contributed by atoms with Crippen LogP contribution in [0.4, 0.5) is 0 Å². The Morgan fingerprint density at radius 3 is 2.71 bits per heavy atom. The van der Waals surface area contributed by atoms with Crippen LogP contribution in [0.25, 0.3) is 0 Å². The fourth-order valence-electron chi connectivity index (χ4n) is 2.18. The first kappa shape index (κ1) is 9.69. The summed E-state index contributed by atoms with van der Waals surface area (Å²) in [6, 6.07) is 11.5. The van der Waals surface area contributed by atoms with Crippen molar-refractivity contribution in [2.45, 2.75) is 24.9 Å². The maximum Gasteiger partial charge on any atom is 0.0359 e. The Hall–Kier alpha value is -0.860. The van der Waals surface area contributed by atoms with E-state index in [0.29, 0.717) is 12.1 Å². The van der Waals surface area contributed by atoms with Crippen LogP contribution in [0, 0.1) is 0 Å². The van der Waals surface area contributed by atoms with E-state index in [1.165, 1.54) is 5.56 Å². The lowest BCUT2D eigenvalue weighted by atomic mass is 9.93. The summed E-state index contributed by atoms with van der Waals surface area (Å²) in [5.41, 5.74) is 7.39. The number of piperidine rings is 1. The Bertz CT molecular complexity index is 284. The second-order valence-electron chi connectivity index (χ2n) is 4.19. The molecule has 2 N–H and O–H groups in total. The number of nitrogens with two attached hydrogens (primary N) is 1. The number of rotatable bonds is 1. The van der Waals surface area contributed by atoms with Crippen LogP contribution in [-0.2, 0) is 0 Å². The average molecular weight is 190 g/mol. The molecule has 0 aromatic heterocycles. The summed E-state index contributed by atoms with van der Waals surface area (Å²) in [5.74, 6) is 0. The van der Waals surface area contributed by atoms with E-state index in [-0.39, 0.29) is 0 Å². The van der Waals surface area contributed by atoms with E-state index in [2.05, 4.69) is 42.3 Å². The number of benzene rings is 1. The molecule has 1 aromatic carbocycles. The molecule has 1 aromatic rings. The molecule has 1 saturated heterocycles. The summed E-state index contributed by atoms with van der Waals surface area (Å²) in [6.07, 6.45) is 2.21. The summed E-state index contributed by atoms with van der Waals surface area (Å²) in [5, 5.41) is 0. The Balaban J connectivity index is 2.16. The van der Waals surface area contributed by atoms with Gasteiger partial charge in [0.05, 0.1) is 0 Å². The number of hydrogen-bond acceptors (Lipinski definition) is 2. The van der Waals surface area contributed by atoms with E-state index in [1.54, 1.807) is 0 Å². The lowest BCUT2D eigenvalue weighted by Crippen LogP contribution is -2.39. The van der Waals surface area contributed by atoms with E-state index in [4.69, 9.17) is 5.73 Å². The molecule has 0 saturated carbocycles. The Labute approximate surface area is 85.7 Å². The third kappa shape index (κ3) is 1.97. The molecule has 76 valence electrons. The first-order valence-corrected chi connectivity index (χ1v) is 5.28. The highest BCUT2D eigenvalue weighted by Gasteiger charge is 2.24. The van der Waals surface area contributed by atoms with Crippen molar-refractivity contribution in [3.8, 4) is 0 Å². The van der Waals surface area contributed by atoms with Gasteiger partial charge in [0.2, 0.25) is 0 Å². The molecule has 2 heteroatoms. The second kappa shape index (κ2) is 4.11. The molecular formula is C12H18N2. The zero-order chi connectivity index (χ0) is 9.97. The van der Waals surface area contributed by atoms with Crippen LogP contribution in [0.15, 0.2) is 30.3 Å². The van der Waals surface area contributed by atoms with E-state index >= 15 is 0 Å². The quantitative estimate of drug-likeness (QED) is 0.731. The zero-order valence-corrected chi connectivity index (χ0v) is 8.69. The van der Waals surface area contributed by atoms with Crippen molar-refractivity contribution in [2.24, 2.45) is 5.73 Å². The van der Waals surface area contributed by atoms with E-state index in [9.17, 15) is 0 Å². The molecule has 0 aliphatic carbocycles. The Morgan fingerprint density at radius 2 is 2.00 bits per heavy atom. The minimum Gasteiger partial charge on any atom is -0.328 e. The molecular weight excluding hydrogens is 172 g/mol. The van der Waals surface area contributed by atoms with Crippen LogP contribution in [0.3, 0.4) is 0 Å². The van der Waals surface area contributed by atoms with Gasteiger partial charge in [-0.25, -0.2) is 0 Å². The normalized spacial score (nSPS) is 29.0. The smallest absolute Gasteiger partial charge is 0.0359 e. The minimum absolute atomic E-state index is 0.372. The van der Waals surface area contributed by atoms with Crippen LogP contribution < -0.4 is 5.73 Å². The van der Waals surface area contributed by atoms with Gasteiger partial charge < -0.3 is 5.73 Å². The van der Waals surface area contributed by atoms with Crippen LogP contribution >= 0.6 is 0 Å². The molecule has 1 fully saturated rings. The van der Waals surface area contributed by atoms with Gasteiger partial charge in [0.1, 0.15) is 0 Å². The van der Waals surface area contributed by atoms with Crippen LogP contribution in [-0.4, -0.2) is 24.5 Å². The highest BCUT2D eigenvalue weighted by atomic mass is 15.1. The van der Waals surface area contributed by atoms with Gasteiger partial charge in [-0.1, -0.05) is 30.3 Å². The Morgan fingerprint density at radius 1 is 1.29 bits per heavy atom. The summed E-state index contributed by atoms with van der Waals surface area (Å²) >= 11 is 0. The largest absolute Gasteiger partial charge is 0.328 e. The van der Waals surface area contributed by atoms with Crippen molar-refractivity contribution in [1.29, 1.82) is 0 Å². The molecule has 2 atom stereocenters. The maximum absolute atomic E-state index is 6.00. The van der Waals surface area contributed by atoms with Crippen molar-refractivity contribution in [3.63, 3.8) is 0 Å². The molecule has 1 aliphatic heterocycles. The molecule has 0 amide bonds. The fraction of sp³-hybridized carbons (Fsp3) is 0.500. The van der Waals surface area contributed by atoms with Gasteiger partial charge in [0, 0.05) is 12.1 Å². The van der Waals surface area contributed by atoms with Crippen LogP contribution in [0.5, 0.6) is 0 Å². The van der Waals surface area contributed by atoms with Gasteiger partial charge in [-0.3, -0.25) is 4.90 Å². The lowest BCUT2D eigenvalue weighted by Gasteiger charge is -2.36. The molecule has 0 radical (unpaired) electrons. The first-order valence-electron chi connectivity index (χ1n) is 5.28. The summed E-state index contributed by atoms with van der Waals surface area (Å²) < 4.78 is 0. The molecule has 0 bridgehead atoms. The molecule has 0 spiro atoms. The summed E-state index contributed by atoms with van der Waals surface area (Å²) in [4.78, 5) is 2.40. The van der Waals surface area contributed by atoms with Crippen LogP contribution in [0.1, 0.15) is 24.4 Å². The van der Waals surface area contributed by atoms with Crippen molar-refractivity contribution in [2.75, 3.05) is 13.6 Å². The second-order valence-corrected chi connectivity index (χ2v) is 4.19. The van der Waals surface area contributed by atoms with Gasteiger partial charge in [-0.2, -0.15) is 0 Å². The third-order valence-corrected chi connectivity index (χ3v) is 3.10. The van der Waals surface area contributed by atoms with E-state index in [1.807, 2.05) is 0 Å². The molecule has 14 heavy (non-hydrogen) atoms. The number of nitrogens with zero attached hydrogens (tertiary/aromatic N) is 1. The first-order chi connectivity index (χ1) is 6.77. The molecule has 0 unspecified atom stereocenters. The predicted molar refractivity (Wildman–Crippen MR) is 59.0 cm³/mol. The summed E-state index contributed by atoms with van der Waals surface area (Å²) in [6.45, 7) is 1.11. The topological polar surface area (TPSA) is 29.3 Å².